The van der Waals surface area contributed by atoms with Crippen LogP contribution in [0.5, 0.6) is 0 Å². The molecule has 108 valence electrons. The summed E-state index contributed by atoms with van der Waals surface area (Å²) < 4.78 is 1.24. The van der Waals surface area contributed by atoms with E-state index < -0.39 is 16.2 Å². The van der Waals surface area contributed by atoms with Gasteiger partial charge in [0, 0.05) is 17.7 Å². The van der Waals surface area contributed by atoms with Crippen molar-refractivity contribution in [1.82, 2.24) is 14.8 Å². The van der Waals surface area contributed by atoms with Crippen LogP contribution >= 0.6 is 11.8 Å². The molecule has 0 fully saturated rings. The molecule has 9 heteroatoms. The van der Waals surface area contributed by atoms with Crippen molar-refractivity contribution in [3.05, 3.63) is 56.0 Å². The van der Waals surface area contributed by atoms with Crippen molar-refractivity contribution in [1.29, 1.82) is 0 Å². The van der Waals surface area contributed by atoms with Gasteiger partial charge in [-0.15, -0.1) is 0 Å². The Kier molecular flexibility index (Phi) is 3.03. The number of nitro benzene ring substituents is 1. The standard InChI is InChI=1S/C12H10N4O4S/c1-7-10(17)13-11-15(14-7)12(18,6-21-11)8-3-2-4-9(5-8)16(19)20/h2-5,18H,6H2,1H3/t12-/m0/s1. The van der Waals surface area contributed by atoms with Gasteiger partial charge >= 0.3 is 0 Å². The van der Waals surface area contributed by atoms with Crippen LogP contribution in [0.4, 0.5) is 5.69 Å². The predicted molar refractivity (Wildman–Crippen MR) is 74.1 cm³/mol. The highest BCUT2D eigenvalue weighted by atomic mass is 32.2. The van der Waals surface area contributed by atoms with Gasteiger partial charge in [0.1, 0.15) is 5.69 Å². The van der Waals surface area contributed by atoms with E-state index in [1.54, 1.807) is 6.07 Å². The first-order chi connectivity index (χ1) is 9.91. The summed E-state index contributed by atoms with van der Waals surface area (Å²) in [6.45, 7) is 1.50. The monoisotopic (exact) mass is 306 g/mol. The van der Waals surface area contributed by atoms with E-state index in [1.165, 1.54) is 41.6 Å². The molecule has 0 bridgehead atoms. The Bertz CT molecular complexity index is 806. The molecule has 1 aliphatic rings. The minimum absolute atomic E-state index is 0.120. The van der Waals surface area contributed by atoms with Gasteiger partial charge in [-0.05, 0) is 6.92 Å². The Morgan fingerprint density at radius 3 is 3.00 bits per heavy atom. The van der Waals surface area contributed by atoms with Gasteiger partial charge in [0.2, 0.25) is 0 Å². The molecule has 0 saturated heterocycles. The van der Waals surface area contributed by atoms with Crippen molar-refractivity contribution in [2.24, 2.45) is 0 Å². The van der Waals surface area contributed by atoms with Crippen LogP contribution in [0, 0.1) is 17.0 Å². The summed E-state index contributed by atoms with van der Waals surface area (Å²) in [5.74, 6) is 0.178. The number of non-ortho nitro benzene ring substituents is 1. The van der Waals surface area contributed by atoms with Crippen molar-refractivity contribution in [2.45, 2.75) is 17.8 Å². The lowest BCUT2D eigenvalue weighted by molar-refractivity contribution is -0.385. The highest BCUT2D eigenvalue weighted by molar-refractivity contribution is 7.99. The van der Waals surface area contributed by atoms with Crippen LogP contribution < -0.4 is 5.56 Å². The van der Waals surface area contributed by atoms with E-state index in [1.807, 2.05) is 0 Å². The van der Waals surface area contributed by atoms with Gasteiger partial charge in [-0.25, -0.2) is 4.68 Å². The molecule has 0 saturated carbocycles. The van der Waals surface area contributed by atoms with E-state index in [9.17, 15) is 20.0 Å². The van der Waals surface area contributed by atoms with Crippen molar-refractivity contribution in [3.63, 3.8) is 0 Å². The smallest absolute Gasteiger partial charge is 0.295 e. The largest absolute Gasteiger partial charge is 0.365 e. The van der Waals surface area contributed by atoms with Gasteiger partial charge in [-0.2, -0.15) is 10.1 Å². The van der Waals surface area contributed by atoms with Gasteiger partial charge in [0.05, 0.1) is 10.7 Å². The average molecular weight is 306 g/mol. The number of hydrogen-bond acceptors (Lipinski definition) is 7. The van der Waals surface area contributed by atoms with Crippen LogP contribution in [0.3, 0.4) is 0 Å². The van der Waals surface area contributed by atoms with Gasteiger partial charge < -0.3 is 5.11 Å². The number of nitro groups is 1. The maximum Gasteiger partial charge on any atom is 0.295 e. The van der Waals surface area contributed by atoms with Crippen LogP contribution in [0.15, 0.2) is 34.2 Å². The lowest BCUT2D eigenvalue weighted by Gasteiger charge is -2.24. The maximum atomic E-state index is 11.5. The molecule has 0 radical (unpaired) electrons. The minimum Gasteiger partial charge on any atom is -0.365 e. The highest BCUT2D eigenvalue weighted by Crippen LogP contribution is 2.38. The van der Waals surface area contributed by atoms with Crippen LogP contribution in [-0.4, -0.2) is 30.5 Å². The number of hydrogen-bond donors (Lipinski definition) is 1. The van der Waals surface area contributed by atoms with Crippen molar-refractivity contribution < 1.29 is 10.0 Å². The second-order valence-electron chi connectivity index (χ2n) is 4.61. The van der Waals surface area contributed by atoms with Gasteiger partial charge in [-0.1, -0.05) is 23.9 Å². The predicted octanol–water partition coefficient (Wildman–Crippen LogP) is 0.654. The number of thioether (sulfide) groups is 1. The summed E-state index contributed by atoms with van der Waals surface area (Å²) in [7, 11) is 0. The summed E-state index contributed by atoms with van der Waals surface area (Å²) in [6, 6.07) is 5.72. The zero-order chi connectivity index (χ0) is 15.2. The number of nitrogens with zero attached hydrogens (tertiary/aromatic N) is 4. The van der Waals surface area contributed by atoms with Crippen molar-refractivity contribution in [2.75, 3.05) is 5.75 Å². The summed E-state index contributed by atoms with van der Waals surface area (Å²) in [4.78, 5) is 25.7. The fourth-order valence-electron chi connectivity index (χ4n) is 2.09. The normalized spacial score (nSPS) is 20.3. The number of benzene rings is 1. The molecular weight excluding hydrogens is 296 g/mol. The third kappa shape index (κ3) is 2.10. The van der Waals surface area contributed by atoms with Crippen LogP contribution in [-0.2, 0) is 5.72 Å². The molecule has 2 heterocycles. The van der Waals surface area contributed by atoms with Crippen LogP contribution in [0.2, 0.25) is 0 Å². The molecule has 0 amide bonds. The molecule has 1 aromatic heterocycles. The lowest BCUT2D eigenvalue weighted by atomic mass is 10.0. The van der Waals surface area contributed by atoms with Crippen LogP contribution in [0.1, 0.15) is 11.3 Å². The number of aliphatic hydroxyl groups is 1. The molecular formula is C12H10N4O4S. The number of rotatable bonds is 2. The first-order valence-electron chi connectivity index (χ1n) is 6.00. The maximum absolute atomic E-state index is 11.5. The second kappa shape index (κ2) is 4.64. The van der Waals surface area contributed by atoms with Crippen molar-refractivity contribution in [3.8, 4) is 0 Å². The summed E-state index contributed by atoms with van der Waals surface area (Å²) in [6.07, 6.45) is 0. The topological polar surface area (TPSA) is 111 Å². The zero-order valence-electron chi connectivity index (χ0n) is 10.9. The fourth-order valence-corrected chi connectivity index (χ4v) is 3.17. The molecule has 8 nitrogen and oxygen atoms in total. The van der Waals surface area contributed by atoms with E-state index in [0.717, 1.165) is 0 Å². The van der Waals surface area contributed by atoms with E-state index in [2.05, 4.69) is 10.1 Å². The third-order valence-electron chi connectivity index (χ3n) is 3.21. The van der Waals surface area contributed by atoms with Crippen molar-refractivity contribution >= 4 is 17.4 Å². The Labute approximate surface area is 122 Å². The molecule has 0 aliphatic carbocycles. The van der Waals surface area contributed by atoms with Gasteiger partial charge in [0.25, 0.3) is 11.2 Å². The minimum atomic E-state index is -1.56. The molecule has 1 aromatic carbocycles. The molecule has 1 N–H and O–H groups in total. The zero-order valence-corrected chi connectivity index (χ0v) is 11.7. The number of fused-ring (bicyclic) bond motifs is 1. The molecule has 0 unspecified atom stereocenters. The molecule has 21 heavy (non-hydrogen) atoms. The summed E-state index contributed by atoms with van der Waals surface area (Å²) >= 11 is 1.18. The fraction of sp³-hybridized carbons (Fsp3) is 0.250. The SMILES string of the molecule is Cc1nn2c(nc1=O)SC[C@]2(O)c1cccc([N+](=O)[O-])c1. The number of aromatic nitrogens is 3. The van der Waals surface area contributed by atoms with Gasteiger partial charge in [-0.3, -0.25) is 14.9 Å². The Balaban J connectivity index is 2.17. The summed E-state index contributed by atoms with van der Waals surface area (Å²) in [5, 5.41) is 26.1. The molecule has 0 spiro atoms. The number of aryl methyl sites for hydroxylation is 1. The molecule has 1 aliphatic heterocycles. The Morgan fingerprint density at radius 2 is 2.29 bits per heavy atom. The molecule has 3 rings (SSSR count). The summed E-state index contributed by atoms with van der Waals surface area (Å²) in [5.41, 5.74) is -1.63. The average Bonchev–Trinajstić information content (AvgIpc) is 2.78. The Hall–Kier alpha value is -2.26. The second-order valence-corrected chi connectivity index (χ2v) is 5.55. The first kappa shape index (κ1) is 13.7. The van der Waals surface area contributed by atoms with Crippen LogP contribution in [0.25, 0.3) is 0 Å². The third-order valence-corrected chi connectivity index (χ3v) is 4.28. The van der Waals surface area contributed by atoms with E-state index in [4.69, 9.17) is 0 Å². The Morgan fingerprint density at radius 1 is 1.52 bits per heavy atom. The molecule has 1 atom stereocenters. The first-order valence-corrected chi connectivity index (χ1v) is 6.99. The van der Waals surface area contributed by atoms with Gasteiger partial charge in [0.15, 0.2) is 10.9 Å². The van der Waals surface area contributed by atoms with E-state index in [0.29, 0.717) is 10.7 Å². The highest BCUT2D eigenvalue weighted by Gasteiger charge is 2.41. The quantitative estimate of drug-likeness (QED) is 0.640. The lowest BCUT2D eigenvalue weighted by Crippen LogP contribution is -2.37. The van der Waals surface area contributed by atoms with E-state index in [-0.39, 0.29) is 17.1 Å². The van der Waals surface area contributed by atoms with E-state index >= 15 is 0 Å². The molecule has 2 aromatic rings.